The predicted octanol–water partition coefficient (Wildman–Crippen LogP) is 5.56. The maximum Gasteiger partial charge on any atom is 0.0653 e. The summed E-state index contributed by atoms with van der Waals surface area (Å²) >= 11 is 0. The van der Waals surface area contributed by atoms with Gasteiger partial charge in [0.15, 0.2) is 0 Å². The minimum atomic E-state index is -0.615. The summed E-state index contributed by atoms with van der Waals surface area (Å²) < 4.78 is 0. The van der Waals surface area contributed by atoms with Gasteiger partial charge in [-0.3, -0.25) is 0 Å². The highest BCUT2D eigenvalue weighted by molar-refractivity contribution is 5.12. The summed E-state index contributed by atoms with van der Waals surface area (Å²) in [5, 5.41) is 32.1. The molecular formula is C27H48O3. The zero-order chi connectivity index (χ0) is 21.7. The Morgan fingerprint density at radius 2 is 1.70 bits per heavy atom. The van der Waals surface area contributed by atoms with Crippen LogP contribution in [0.3, 0.4) is 0 Å². The first kappa shape index (κ1) is 23.1. The number of aliphatic hydroxyl groups excluding tert-OH is 2. The molecule has 0 aromatic heterocycles. The predicted molar refractivity (Wildman–Crippen MR) is 122 cm³/mol. The van der Waals surface area contributed by atoms with Crippen LogP contribution in [-0.4, -0.2) is 33.6 Å². The minimum absolute atomic E-state index is 0.113. The van der Waals surface area contributed by atoms with Gasteiger partial charge in [-0.25, -0.2) is 0 Å². The third kappa shape index (κ3) is 3.69. The molecule has 174 valence electrons. The molecule has 4 rings (SSSR count). The molecule has 0 spiro atoms. The van der Waals surface area contributed by atoms with Crippen LogP contribution in [0.4, 0.5) is 0 Å². The SMILES string of the molecule is CC(CO)CCC[C@](C)(O)[C@H]1CC[C@H]2C3C[C@H](O)[C@H]4CCCC[C@]4(C)[C@H]3CC[C@@]21C. The summed E-state index contributed by atoms with van der Waals surface area (Å²) in [4.78, 5) is 0. The first-order valence-corrected chi connectivity index (χ1v) is 13.1. The van der Waals surface area contributed by atoms with Crippen molar-refractivity contribution in [3.63, 3.8) is 0 Å². The lowest BCUT2D eigenvalue weighted by molar-refractivity contribution is -0.168. The second-order valence-electron chi connectivity index (χ2n) is 12.7. The van der Waals surface area contributed by atoms with Crippen LogP contribution in [0.1, 0.15) is 105 Å². The molecule has 4 fully saturated rings. The van der Waals surface area contributed by atoms with Crippen molar-refractivity contribution >= 4 is 0 Å². The molecule has 4 aliphatic carbocycles. The Labute approximate surface area is 185 Å². The number of hydrogen-bond donors (Lipinski definition) is 3. The molecule has 0 bridgehead atoms. The molecule has 3 heteroatoms. The van der Waals surface area contributed by atoms with E-state index >= 15 is 0 Å². The topological polar surface area (TPSA) is 60.7 Å². The van der Waals surface area contributed by atoms with Crippen LogP contribution in [0.15, 0.2) is 0 Å². The van der Waals surface area contributed by atoms with Crippen molar-refractivity contribution < 1.29 is 15.3 Å². The number of fused-ring (bicyclic) bond motifs is 5. The molecule has 4 aliphatic rings. The van der Waals surface area contributed by atoms with Crippen molar-refractivity contribution in [2.24, 2.45) is 46.3 Å². The van der Waals surface area contributed by atoms with Crippen molar-refractivity contribution in [1.29, 1.82) is 0 Å². The van der Waals surface area contributed by atoms with E-state index in [4.69, 9.17) is 0 Å². The Hall–Kier alpha value is -0.120. The third-order valence-corrected chi connectivity index (χ3v) is 11.0. The van der Waals surface area contributed by atoms with Crippen LogP contribution in [-0.2, 0) is 0 Å². The molecule has 30 heavy (non-hydrogen) atoms. The van der Waals surface area contributed by atoms with Gasteiger partial charge in [-0.2, -0.15) is 0 Å². The van der Waals surface area contributed by atoms with Crippen LogP contribution >= 0.6 is 0 Å². The Morgan fingerprint density at radius 3 is 2.43 bits per heavy atom. The van der Waals surface area contributed by atoms with Gasteiger partial charge in [0.2, 0.25) is 0 Å². The van der Waals surface area contributed by atoms with Gasteiger partial charge in [0, 0.05) is 6.61 Å². The molecule has 0 aliphatic heterocycles. The van der Waals surface area contributed by atoms with E-state index in [-0.39, 0.29) is 18.1 Å². The second-order valence-corrected chi connectivity index (χ2v) is 12.7. The molecule has 4 saturated carbocycles. The monoisotopic (exact) mass is 420 g/mol. The van der Waals surface area contributed by atoms with E-state index in [2.05, 4.69) is 27.7 Å². The van der Waals surface area contributed by atoms with Crippen LogP contribution in [0.2, 0.25) is 0 Å². The van der Waals surface area contributed by atoms with Gasteiger partial charge in [0.1, 0.15) is 0 Å². The maximum absolute atomic E-state index is 11.6. The lowest BCUT2D eigenvalue weighted by Crippen LogP contribution is -2.58. The summed E-state index contributed by atoms with van der Waals surface area (Å²) in [7, 11) is 0. The summed E-state index contributed by atoms with van der Waals surface area (Å²) in [5.41, 5.74) is -0.0656. The van der Waals surface area contributed by atoms with E-state index in [0.717, 1.165) is 38.0 Å². The molecule has 3 nitrogen and oxygen atoms in total. The lowest BCUT2D eigenvalue weighted by Gasteiger charge is -2.62. The van der Waals surface area contributed by atoms with Gasteiger partial charge in [-0.1, -0.05) is 40.0 Å². The van der Waals surface area contributed by atoms with Crippen LogP contribution < -0.4 is 0 Å². The second kappa shape index (κ2) is 8.34. The molecule has 0 heterocycles. The molecule has 0 saturated heterocycles. The molecule has 0 radical (unpaired) electrons. The van der Waals surface area contributed by atoms with Gasteiger partial charge < -0.3 is 15.3 Å². The summed E-state index contributed by atoms with van der Waals surface area (Å²) in [6.07, 6.45) is 13.8. The van der Waals surface area contributed by atoms with Gasteiger partial charge in [-0.15, -0.1) is 0 Å². The first-order valence-electron chi connectivity index (χ1n) is 13.1. The van der Waals surface area contributed by atoms with E-state index in [9.17, 15) is 15.3 Å². The highest BCUT2D eigenvalue weighted by Crippen LogP contribution is 2.68. The Balaban J connectivity index is 1.50. The van der Waals surface area contributed by atoms with Gasteiger partial charge in [0.05, 0.1) is 11.7 Å². The average Bonchev–Trinajstić information content (AvgIpc) is 3.06. The van der Waals surface area contributed by atoms with Crippen LogP contribution in [0.5, 0.6) is 0 Å². The highest BCUT2D eigenvalue weighted by Gasteiger charge is 2.63. The smallest absolute Gasteiger partial charge is 0.0653 e. The van der Waals surface area contributed by atoms with E-state index < -0.39 is 5.60 Å². The van der Waals surface area contributed by atoms with E-state index in [0.29, 0.717) is 35.0 Å². The molecule has 10 atom stereocenters. The van der Waals surface area contributed by atoms with Crippen molar-refractivity contribution in [3.8, 4) is 0 Å². The van der Waals surface area contributed by atoms with Crippen LogP contribution in [0.25, 0.3) is 0 Å². The fraction of sp³-hybridized carbons (Fsp3) is 1.00. The fourth-order valence-corrected chi connectivity index (χ4v) is 9.45. The third-order valence-electron chi connectivity index (χ3n) is 11.0. The van der Waals surface area contributed by atoms with Gasteiger partial charge in [0.25, 0.3) is 0 Å². The average molecular weight is 421 g/mol. The minimum Gasteiger partial charge on any atom is -0.396 e. The summed E-state index contributed by atoms with van der Waals surface area (Å²) in [6, 6.07) is 0. The Morgan fingerprint density at radius 1 is 0.967 bits per heavy atom. The van der Waals surface area contributed by atoms with Crippen molar-refractivity contribution in [3.05, 3.63) is 0 Å². The van der Waals surface area contributed by atoms with E-state index in [1.165, 1.54) is 44.9 Å². The van der Waals surface area contributed by atoms with E-state index in [1.807, 2.05) is 0 Å². The largest absolute Gasteiger partial charge is 0.396 e. The molecule has 0 aromatic rings. The van der Waals surface area contributed by atoms with Gasteiger partial charge in [-0.05, 0) is 111 Å². The Bertz CT molecular complexity index is 603. The quantitative estimate of drug-likeness (QED) is 0.527. The van der Waals surface area contributed by atoms with Crippen molar-refractivity contribution in [2.45, 2.75) is 116 Å². The Kier molecular flexibility index (Phi) is 6.41. The number of rotatable bonds is 6. The lowest BCUT2D eigenvalue weighted by atomic mass is 9.44. The highest BCUT2D eigenvalue weighted by atomic mass is 16.3. The molecule has 0 amide bonds. The van der Waals surface area contributed by atoms with E-state index in [1.54, 1.807) is 0 Å². The van der Waals surface area contributed by atoms with Crippen LogP contribution in [0, 0.1) is 46.3 Å². The van der Waals surface area contributed by atoms with Gasteiger partial charge >= 0.3 is 0 Å². The first-order chi connectivity index (χ1) is 14.1. The van der Waals surface area contributed by atoms with Crippen molar-refractivity contribution in [1.82, 2.24) is 0 Å². The summed E-state index contributed by atoms with van der Waals surface area (Å²) in [6.45, 7) is 9.44. The maximum atomic E-state index is 11.6. The summed E-state index contributed by atoms with van der Waals surface area (Å²) in [5.74, 6) is 3.31. The zero-order valence-electron chi connectivity index (χ0n) is 20.1. The standard InChI is InChI=1S/C27H48O3/c1-18(17-28)8-7-14-27(4,30)24-11-10-20-19-16-23(29)22-9-5-6-13-25(22,2)21(19)12-15-26(20,24)3/h18-24,28-30H,5-17H2,1-4H3/t18?,19?,20-,21-,22+,23-,24-,25+,26-,27-/m0/s1. The van der Waals surface area contributed by atoms with Crippen molar-refractivity contribution in [2.75, 3.05) is 6.61 Å². The molecule has 3 N–H and O–H groups in total. The molecule has 0 aromatic carbocycles. The number of hydrogen-bond acceptors (Lipinski definition) is 3. The number of aliphatic hydroxyl groups is 3. The fourth-order valence-electron chi connectivity index (χ4n) is 9.45. The molecule has 2 unspecified atom stereocenters. The normalized spacial score (nSPS) is 48.9. The zero-order valence-corrected chi connectivity index (χ0v) is 20.1. The molecular weight excluding hydrogens is 372 g/mol.